The second-order valence-corrected chi connectivity index (χ2v) is 5.78. The van der Waals surface area contributed by atoms with E-state index in [1.54, 1.807) is 13.8 Å². The van der Waals surface area contributed by atoms with Crippen molar-refractivity contribution in [2.45, 2.75) is 30.4 Å². The van der Waals surface area contributed by atoms with E-state index in [4.69, 9.17) is 5.73 Å². The van der Waals surface area contributed by atoms with Crippen LogP contribution < -0.4 is 5.73 Å². The third-order valence-electron chi connectivity index (χ3n) is 2.38. The normalized spacial score (nSPS) is 13.8. The lowest BCUT2D eigenvalue weighted by atomic mass is 10.3. The summed E-state index contributed by atoms with van der Waals surface area (Å²) in [4.78, 5) is 0.0123. The highest BCUT2D eigenvalue weighted by Crippen LogP contribution is 2.24. The van der Waals surface area contributed by atoms with Gasteiger partial charge in [0.2, 0.25) is 0 Å². The number of benzene rings is 1. The fourth-order valence-corrected chi connectivity index (χ4v) is 2.73. The van der Waals surface area contributed by atoms with E-state index in [1.165, 1.54) is 6.07 Å². The molecule has 0 heterocycles. The van der Waals surface area contributed by atoms with Gasteiger partial charge >= 0.3 is 0 Å². The predicted octanol–water partition coefficient (Wildman–Crippen LogP) is 1.98. The number of nitrogen functional groups attached to an aromatic ring is 1. The number of hydrogen-bond acceptors (Lipinski definition) is 3. The Bertz CT molecular complexity index is 456. The van der Waals surface area contributed by atoms with Gasteiger partial charge in [0, 0.05) is 0 Å². The summed E-state index contributed by atoms with van der Waals surface area (Å²) in [6.45, 7) is 3.39. The fraction of sp³-hybridized carbons (Fsp3) is 0.400. The molecule has 0 aromatic heterocycles. The molecule has 0 amide bonds. The molecule has 0 saturated carbocycles. The summed E-state index contributed by atoms with van der Waals surface area (Å²) < 4.78 is 36.5. The zero-order valence-electron chi connectivity index (χ0n) is 8.70. The minimum absolute atomic E-state index is 0.0123. The minimum atomic E-state index is -3.43. The van der Waals surface area contributed by atoms with Crippen LogP contribution >= 0.6 is 0 Å². The molecule has 0 spiro atoms. The van der Waals surface area contributed by atoms with E-state index in [0.29, 0.717) is 6.42 Å². The fourth-order valence-electron chi connectivity index (χ4n) is 1.21. The van der Waals surface area contributed by atoms with Gasteiger partial charge in [-0.1, -0.05) is 6.92 Å². The van der Waals surface area contributed by atoms with Crippen LogP contribution in [-0.4, -0.2) is 13.7 Å². The summed E-state index contributed by atoms with van der Waals surface area (Å²) in [5, 5.41) is -0.509. The van der Waals surface area contributed by atoms with Crippen molar-refractivity contribution in [3.63, 3.8) is 0 Å². The Kier molecular flexibility index (Phi) is 3.34. The molecule has 15 heavy (non-hydrogen) atoms. The van der Waals surface area contributed by atoms with E-state index < -0.39 is 20.9 Å². The van der Waals surface area contributed by atoms with Crippen molar-refractivity contribution >= 4 is 15.5 Å². The molecule has 0 bridgehead atoms. The highest BCUT2D eigenvalue weighted by molar-refractivity contribution is 7.92. The standard InChI is InChI=1S/C10H14FNO2S/c1-3-7(2)15(13,14)10-5-4-8(11)6-9(10)12/h4-7H,3,12H2,1-2H3. The molecule has 84 valence electrons. The molecule has 1 aromatic rings. The molecule has 1 rings (SSSR count). The minimum Gasteiger partial charge on any atom is -0.398 e. The third kappa shape index (κ3) is 2.28. The van der Waals surface area contributed by atoms with Crippen LogP contribution in [0.3, 0.4) is 0 Å². The van der Waals surface area contributed by atoms with Gasteiger partial charge in [-0.3, -0.25) is 0 Å². The van der Waals surface area contributed by atoms with E-state index >= 15 is 0 Å². The maximum Gasteiger partial charge on any atom is 0.182 e. The van der Waals surface area contributed by atoms with Crippen LogP contribution in [-0.2, 0) is 9.84 Å². The molecule has 0 saturated heterocycles. The van der Waals surface area contributed by atoms with Crippen LogP contribution in [0, 0.1) is 5.82 Å². The topological polar surface area (TPSA) is 60.2 Å². The average molecular weight is 231 g/mol. The summed E-state index contributed by atoms with van der Waals surface area (Å²) >= 11 is 0. The van der Waals surface area contributed by atoms with E-state index in [1.807, 2.05) is 0 Å². The van der Waals surface area contributed by atoms with Crippen molar-refractivity contribution in [3.05, 3.63) is 24.0 Å². The van der Waals surface area contributed by atoms with Crippen molar-refractivity contribution in [3.8, 4) is 0 Å². The van der Waals surface area contributed by atoms with Crippen LogP contribution in [0.25, 0.3) is 0 Å². The first-order valence-electron chi connectivity index (χ1n) is 4.68. The monoisotopic (exact) mass is 231 g/mol. The lowest BCUT2D eigenvalue weighted by Gasteiger charge is -2.12. The predicted molar refractivity (Wildman–Crippen MR) is 57.8 cm³/mol. The summed E-state index contributed by atoms with van der Waals surface area (Å²) in [5.41, 5.74) is 5.45. The number of sulfone groups is 1. The molecular weight excluding hydrogens is 217 g/mol. The number of anilines is 1. The average Bonchev–Trinajstić information content (AvgIpc) is 2.15. The number of nitrogens with two attached hydrogens (primary N) is 1. The molecule has 0 radical (unpaired) electrons. The molecule has 1 atom stereocenters. The molecule has 3 nitrogen and oxygen atoms in total. The molecule has 1 aromatic carbocycles. The zero-order chi connectivity index (χ0) is 11.6. The molecule has 0 aliphatic rings. The second kappa shape index (κ2) is 4.18. The molecule has 5 heteroatoms. The Morgan fingerprint density at radius 3 is 2.53 bits per heavy atom. The number of halogens is 1. The first kappa shape index (κ1) is 12.0. The van der Waals surface area contributed by atoms with Gasteiger partial charge in [-0.2, -0.15) is 0 Å². The highest BCUT2D eigenvalue weighted by Gasteiger charge is 2.23. The largest absolute Gasteiger partial charge is 0.398 e. The zero-order valence-corrected chi connectivity index (χ0v) is 9.51. The Balaban J connectivity index is 3.28. The van der Waals surface area contributed by atoms with Crippen LogP contribution in [0.5, 0.6) is 0 Å². The Hall–Kier alpha value is -1.10. The first-order valence-corrected chi connectivity index (χ1v) is 6.23. The number of hydrogen-bond donors (Lipinski definition) is 1. The van der Waals surface area contributed by atoms with Crippen molar-refractivity contribution in [2.75, 3.05) is 5.73 Å². The van der Waals surface area contributed by atoms with Gasteiger partial charge in [0.15, 0.2) is 9.84 Å². The molecule has 0 aliphatic heterocycles. The Morgan fingerprint density at radius 2 is 2.07 bits per heavy atom. The van der Waals surface area contributed by atoms with Crippen LogP contribution in [0.15, 0.2) is 23.1 Å². The maximum absolute atomic E-state index is 12.7. The maximum atomic E-state index is 12.7. The summed E-state index contributed by atoms with van der Waals surface area (Å²) in [6.07, 6.45) is 0.499. The van der Waals surface area contributed by atoms with Crippen LogP contribution in [0.4, 0.5) is 10.1 Å². The Labute approximate surface area is 89.0 Å². The van der Waals surface area contributed by atoms with Gasteiger partial charge in [-0.15, -0.1) is 0 Å². The molecule has 1 unspecified atom stereocenters. The Morgan fingerprint density at radius 1 is 1.47 bits per heavy atom. The van der Waals surface area contributed by atoms with Crippen LogP contribution in [0.2, 0.25) is 0 Å². The summed E-state index contributed by atoms with van der Waals surface area (Å²) in [6, 6.07) is 3.34. The quantitative estimate of drug-likeness (QED) is 0.639. The van der Waals surface area contributed by atoms with Crippen molar-refractivity contribution in [1.29, 1.82) is 0 Å². The second-order valence-electron chi connectivity index (χ2n) is 3.45. The lowest BCUT2D eigenvalue weighted by Crippen LogP contribution is -2.18. The van der Waals surface area contributed by atoms with E-state index in [-0.39, 0.29) is 10.6 Å². The van der Waals surface area contributed by atoms with Crippen molar-refractivity contribution in [1.82, 2.24) is 0 Å². The third-order valence-corrected chi connectivity index (χ3v) is 4.76. The lowest BCUT2D eigenvalue weighted by molar-refractivity contribution is 0.580. The molecule has 0 aliphatic carbocycles. The molecule has 0 fully saturated rings. The SMILES string of the molecule is CCC(C)S(=O)(=O)c1ccc(F)cc1N. The van der Waals surface area contributed by atoms with Crippen molar-refractivity contribution in [2.24, 2.45) is 0 Å². The van der Waals surface area contributed by atoms with Gasteiger partial charge in [-0.05, 0) is 31.5 Å². The summed E-state index contributed by atoms with van der Waals surface area (Å²) in [5.74, 6) is -0.532. The van der Waals surface area contributed by atoms with Gasteiger partial charge in [0.1, 0.15) is 5.82 Å². The van der Waals surface area contributed by atoms with Gasteiger partial charge in [0.05, 0.1) is 15.8 Å². The van der Waals surface area contributed by atoms with Gasteiger partial charge in [0.25, 0.3) is 0 Å². The smallest absolute Gasteiger partial charge is 0.182 e. The first-order chi connectivity index (χ1) is 6.89. The number of rotatable bonds is 3. The van der Waals surface area contributed by atoms with Crippen LogP contribution in [0.1, 0.15) is 20.3 Å². The van der Waals surface area contributed by atoms with E-state index in [0.717, 1.165) is 12.1 Å². The summed E-state index contributed by atoms with van der Waals surface area (Å²) in [7, 11) is -3.43. The molecule has 2 N–H and O–H groups in total. The van der Waals surface area contributed by atoms with E-state index in [2.05, 4.69) is 0 Å². The van der Waals surface area contributed by atoms with Gasteiger partial charge < -0.3 is 5.73 Å². The molecular formula is C10H14FNO2S. The van der Waals surface area contributed by atoms with Crippen molar-refractivity contribution < 1.29 is 12.8 Å². The highest BCUT2D eigenvalue weighted by atomic mass is 32.2. The van der Waals surface area contributed by atoms with Gasteiger partial charge in [-0.25, -0.2) is 12.8 Å². The van der Waals surface area contributed by atoms with E-state index in [9.17, 15) is 12.8 Å².